The second kappa shape index (κ2) is 4.49. The van der Waals surface area contributed by atoms with E-state index in [1.807, 2.05) is 0 Å². The van der Waals surface area contributed by atoms with E-state index < -0.39 is 0 Å². The zero-order chi connectivity index (χ0) is 11.7. The van der Waals surface area contributed by atoms with Gasteiger partial charge in [-0.25, -0.2) is 0 Å². The molecule has 1 unspecified atom stereocenters. The van der Waals surface area contributed by atoms with Crippen LogP contribution in [-0.2, 0) is 4.74 Å². The third-order valence-electron chi connectivity index (χ3n) is 3.19. The topological polar surface area (TPSA) is 64.2 Å². The Morgan fingerprint density at radius 3 is 3.06 bits per heavy atom. The van der Waals surface area contributed by atoms with Crippen molar-refractivity contribution in [3.8, 4) is 5.88 Å². The molecule has 1 saturated heterocycles. The van der Waals surface area contributed by atoms with Crippen molar-refractivity contribution in [3.63, 3.8) is 0 Å². The maximum atomic E-state index is 11.4. The summed E-state index contributed by atoms with van der Waals surface area (Å²) in [5.74, 6) is 2.08. The van der Waals surface area contributed by atoms with Gasteiger partial charge in [-0.05, 0) is 19.3 Å². The van der Waals surface area contributed by atoms with E-state index in [0.29, 0.717) is 24.3 Å². The van der Waals surface area contributed by atoms with Gasteiger partial charge in [-0.2, -0.15) is 4.98 Å². The lowest BCUT2D eigenvalue weighted by Crippen LogP contribution is -2.16. The van der Waals surface area contributed by atoms with Crippen molar-refractivity contribution < 1.29 is 9.47 Å². The fraction of sp³-hybridized carbons (Fsp3) is 0.667. The molecule has 1 aliphatic heterocycles. The number of hydrogen-bond acceptors (Lipinski definition) is 4. The lowest BCUT2D eigenvalue weighted by molar-refractivity contribution is 0.165. The predicted molar refractivity (Wildman–Crippen MR) is 61.3 cm³/mol. The van der Waals surface area contributed by atoms with Gasteiger partial charge in [0.2, 0.25) is 5.88 Å². The smallest absolute Gasteiger partial charge is 0.254 e. The van der Waals surface area contributed by atoms with Crippen molar-refractivity contribution in [1.29, 1.82) is 0 Å². The maximum Gasteiger partial charge on any atom is 0.254 e. The van der Waals surface area contributed by atoms with Crippen LogP contribution in [0.1, 0.15) is 31.0 Å². The van der Waals surface area contributed by atoms with Gasteiger partial charge in [-0.3, -0.25) is 4.79 Å². The Bertz CT molecular complexity index is 447. The Morgan fingerprint density at radius 1 is 1.47 bits per heavy atom. The fourth-order valence-electron chi connectivity index (χ4n) is 2.00. The van der Waals surface area contributed by atoms with Crippen molar-refractivity contribution in [1.82, 2.24) is 9.97 Å². The Balaban J connectivity index is 1.66. The summed E-state index contributed by atoms with van der Waals surface area (Å²) in [5.41, 5.74) is -0.125. The number of H-pyrrole nitrogens is 1. The maximum absolute atomic E-state index is 11.4. The van der Waals surface area contributed by atoms with Crippen LogP contribution in [0.4, 0.5) is 0 Å². The van der Waals surface area contributed by atoms with Gasteiger partial charge in [0.05, 0.1) is 19.3 Å². The molecule has 0 spiro atoms. The van der Waals surface area contributed by atoms with Gasteiger partial charge in [0, 0.05) is 18.4 Å². The molecule has 2 aliphatic rings. The Morgan fingerprint density at radius 2 is 2.35 bits per heavy atom. The first-order valence-electron chi connectivity index (χ1n) is 6.13. The van der Waals surface area contributed by atoms with E-state index in [4.69, 9.17) is 9.47 Å². The third-order valence-corrected chi connectivity index (χ3v) is 3.19. The number of nitrogens with zero attached hydrogens (tertiary/aromatic N) is 1. The first kappa shape index (κ1) is 10.8. The van der Waals surface area contributed by atoms with Gasteiger partial charge < -0.3 is 14.5 Å². The molecule has 2 fully saturated rings. The SMILES string of the molecule is O=c1cc(OCC2CCOC2)nc(C2CC2)[nH]1. The van der Waals surface area contributed by atoms with Crippen LogP contribution in [0.15, 0.2) is 10.9 Å². The van der Waals surface area contributed by atoms with Crippen LogP contribution in [0.3, 0.4) is 0 Å². The molecule has 92 valence electrons. The van der Waals surface area contributed by atoms with Gasteiger partial charge in [-0.15, -0.1) is 0 Å². The molecule has 3 rings (SSSR count). The number of ether oxygens (including phenoxy) is 2. The summed E-state index contributed by atoms with van der Waals surface area (Å²) in [6.07, 6.45) is 3.25. The summed E-state index contributed by atoms with van der Waals surface area (Å²) in [6.45, 7) is 2.14. The van der Waals surface area contributed by atoms with E-state index in [1.165, 1.54) is 6.07 Å². The third kappa shape index (κ3) is 2.66. The molecular formula is C12H16N2O3. The number of hydrogen-bond donors (Lipinski definition) is 1. The van der Waals surface area contributed by atoms with E-state index in [0.717, 1.165) is 38.3 Å². The molecule has 0 aromatic carbocycles. The van der Waals surface area contributed by atoms with Crippen LogP contribution in [-0.4, -0.2) is 29.8 Å². The van der Waals surface area contributed by atoms with E-state index in [1.54, 1.807) is 0 Å². The minimum atomic E-state index is -0.125. The highest BCUT2D eigenvalue weighted by Gasteiger charge is 2.26. The van der Waals surface area contributed by atoms with Crippen LogP contribution >= 0.6 is 0 Å². The normalized spacial score (nSPS) is 23.9. The van der Waals surface area contributed by atoms with E-state index in [2.05, 4.69) is 9.97 Å². The summed E-state index contributed by atoms with van der Waals surface area (Å²) in [6, 6.07) is 1.42. The summed E-state index contributed by atoms with van der Waals surface area (Å²) in [4.78, 5) is 18.5. The number of nitrogens with one attached hydrogen (secondary N) is 1. The van der Waals surface area contributed by atoms with Crippen molar-refractivity contribution in [2.45, 2.75) is 25.2 Å². The van der Waals surface area contributed by atoms with Gasteiger partial charge in [-0.1, -0.05) is 0 Å². The first-order valence-corrected chi connectivity index (χ1v) is 6.13. The summed E-state index contributed by atoms with van der Waals surface area (Å²) < 4.78 is 10.9. The molecule has 5 heteroatoms. The number of aromatic nitrogens is 2. The average Bonchev–Trinajstić information content (AvgIpc) is 3.04. The molecule has 1 N–H and O–H groups in total. The van der Waals surface area contributed by atoms with Crippen molar-refractivity contribution in [2.75, 3.05) is 19.8 Å². The molecule has 1 atom stereocenters. The Labute approximate surface area is 99.2 Å². The molecular weight excluding hydrogens is 220 g/mol. The highest BCUT2D eigenvalue weighted by atomic mass is 16.5. The zero-order valence-electron chi connectivity index (χ0n) is 9.65. The minimum absolute atomic E-state index is 0.125. The molecule has 5 nitrogen and oxygen atoms in total. The Kier molecular flexibility index (Phi) is 2.84. The van der Waals surface area contributed by atoms with Crippen LogP contribution in [0.2, 0.25) is 0 Å². The van der Waals surface area contributed by atoms with Gasteiger partial charge in [0.15, 0.2) is 0 Å². The lowest BCUT2D eigenvalue weighted by Gasteiger charge is -2.09. The highest BCUT2D eigenvalue weighted by Crippen LogP contribution is 2.37. The van der Waals surface area contributed by atoms with E-state index in [9.17, 15) is 4.79 Å². The largest absolute Gasteiger partial charge is 0.477 e. The number of aromatic amines is 1. The van der Waals surface area contributed by atoms with Crippen LogP contribution < -0.4 is 10.3 Å². The molecule has 1 aromatic heterocycles. The molecule has 1 aromatic rings. The van der Waals surface area contributed by atoms with Gasteiger partial charge in [0.25, 0.3) is 5.56 Å². The second-order valence-electron chi connectivity index (χ2n) is 4.78. The second-order valence-corrected chi connectivity index (χ2v) is 4.78. The molecule has 0 amide bonds. The van der Waals surface area contributed by atoms with Gasteiger partial charge >= 0.3 is 0 Å². The molecule has 1 saturated carbocycles. The van der Waals surface area contributed by atoms with Crippen molar-refractivity contribution in [2.24, 2.45) is 5.92 Å². The summed E-state index contributed by atoms with van der Waals surface area (Å²) in [7, 11) is 0. The molecule has 0 bridgehead atoms. The quantitative estimate of drug-likeness (QED) is 0.849. The van der Waals surface area contributed by atoms with Crippen LogP contribution in [0.5, 0.6) is 5.88 Å². The average molecular weight is 236 g/mol. The summed E-state index contributed by atoms with van der Waals surface area (Å²) >= 11 is 0. The molecule has 0 radical (unpaired) electrons. The molecule has 17 heavy (non-hydrogen) atoms. The fourth-order valence-corrected chi connectivity index (χ4v) is 2.00. The predicted octanol–water partition coefficient (Wildman–Crippen LogP) is 1.06. The monoisotopic (exact) mass is 236 g/mol. The lowest BCUT2D eigenvalue weighted by atomic mass is 10.1. The van der Waals surface area contributed by atoms with E-state index >= 15 is 0 Å². The molecule has 2 heterocycles. The Hall–Kier alpha value is -1.36. The minimum Gasteiger partial charge on any atom is -0.477 e. The van der Waals surface area contributed by atoms with Gasteiger partial charge in [0.1, 0.15) is 5.82 Å². The number of rotatable bonds is 4. The van der Waals surface area contributed by atoms with E-state index in [-0.39, 0.29) is 5.56 Å². The summed E-state index contributed by atoms with van der Waals surface area (Å²) in [5, 5.41) is 0. The molecule has 1 aliphatic carbocycles. The first-order chi connectivity index (χ1) is 8.31. The highest BCUT2D eigenvalue weighted by molar-refractivity contribution is 5.14. The van der Waals surface area contributed by atoms with Crippen LogP contribution in [0.25, 0.3) is 0 Å². The van der Waals surface area contributed by atoms with Crippen LogP contribution in [0, 0.1) is 5.92 Å². The van der Waals surface area contributed by atoms with Crippen molar-refractivity contribution >= 4 is 0 Å². The van der Waals surface area contributed by atoms with Crippen molar-refractivity contribution in [3.05, 3.63) is 22.2 Å². The standard InChI is InChI=1S/C12H16N2O3/c15-10-5-11(14-12(13-10)9-1-2-9)17-7-8-3-4-16-6-8/h5,8-9H,1-4,6-7H2,(H,13,14,15). The zero-order valence-corrected chi connectivity index (χ0v) is 9.65.